The molecule has 210 valence electrons. The fraction of sp³-hybridized carbons (Fsp3) is 0.344. The first-order chi connectivity index (χ1) is 19.4. The first-order valence-electron chi connectivity index (χ1n) is 13.7. The lowest BCUT2D eigenvalue weighted by Crippen LogP contribution is -2.41. The molecule has 3 aromatic rings. The monoisotopic (exact) mass is 550 g/mol. The van der Waals surface area contributed by atoms with E-state index >= 15 is 0 Å². The number of hydrogen-bond donors (Lipinski definition) is 1. The Morgan fingerprint density at radius 1 is 1.00 bits per heavy atom. The number of nitrogens with one attached hydrogen (secondary N) is 1. The molecule has 1 aliphatic carbocycles. The predicted octanol–water partition coefficient (Wildman–Crippen LogP) is 6.58. The number of aryl methyl sites for hydroxylation is 2. The molecule has 0 bridgehead atoms. The van der Waals surface area contributed by atoms with Crippen molar-refractivity contribution in [2.24, 2.45) is 0 Å². The SMILES string of the molecule is Cc1cccc(CN(C(=O)OC2CNCC=C2c2ccc(CCCOc3c(F)ccc(F)c3F)cc2)C2CC2)c1. The Balaban J connectivity index is 1.17. The highest BCUT2D eigenvalue weighted by molar-refractivity contribution is 5.75. The summed E-state index contributed by atoms with van der Waals surface area (Å²) in [6.45, 7) is 3.84. The summed E-state index contributed by atoms with van der Waals surface area (Å²) in [4.78, 5) is 15.1. The molecule has 0 radical (unpaired) electrons. The van der Waals surface area contributed by atoms with Crippen molar-refractivity contribution >= 4 is 11.7 Å². The predicted molar refractivity (Wildman–Crippen MR) is 147 cm³/mol. The van der Waals surface area contributed by atoms with E-state index < -0.39 is 29.3 Å². The van der Waals surface area contributed by atoms with Crippen molar-refractivity contribution in [2.75, 3.05) is 19.7 Å². The second kappa shape index (κ2) is 12.6. The molecule has 5 nitrogen and oxygen atoms in total. The Hall–Kier alpha value is -3.78. The number of nitrogens with zero attached hydrogens (tertiary/aromatic N) is 1. The highest BCUT2D eigenvalue weighted by Gasteiger charge is 2.35. The second-order valence-corrected chi connectivity index (χ2v) is 10.4. The summed E-state index contributed by atoms with van der Waals surface area (Å²) in [5, 5.41) is 3.29. The highest BCUT2D eigenvalue weighted by Crippen LogP contribution is 2.31. The fourth-order valence-electron chi connectivity index (χ4n) is 4.93. The Labute approximate surface area is 232 Å². The quantitative estimate of drug-likeness (QED) is 0.229. The van der Waals surface area contributed by atoms with Crippen molar-refractivity contribution in [3.8, 4) is 5.75 Å². The van der Waals surface area contributed by atoms with Crippen molar-refractivity contribution in [1.29, 1.82) is 0 Å². The van der Waals surface area contributed by atoms with Gasteiger partial charge in [0.1, 0.15) is 6.10 Å². The standard InChI is InChI=1S/C32H33F3N2O3/c1-21-4-2-5-23(18-21)20-37(25-11-12-25)32(38)40-29-19-36-16-15-26(29)24-9-7-22(8-10-24)6-3-17-39-31-28(34)14-13-27(33)30(31)35/h2,4-5,7-10,13-15,18,25,29,36H,3,6,11-12,16-17,19-20H2,1H3. The molecule has 1 unspecified atom stereocenters. The molecule has 1 amide bonds. The minimum absolute atomic E-state index is 0.0495. The Morgan fingerprint density at radius 2 is 1.77 bits per heavy atom. The molecule has 1 fully saturated rings. The summed E-state index contributed by atoms with van der Waals surface area (Å²) >= 11 is 0. The molecule has 3 aromatic carbocycles. The third kappa shape index (κ3) is 6.86. The summed E-state index contributed by atoms with van der Waals surface area (Å²) in [6, 6.07) is 17.9. The minimum Gasteiger partial charge on any atom is -0.488 e. The third-order valence-electron chi connectivity index (χ3n) is 7.19. The molecule has 0 aromatic heterocycles. The van der Waals surface area contributed by atoms with E-state index in [0.29, 0.717) is 32.5 Å². The fourth-order valence-corrected chi connectivity index (χ4v) is 4.93. The van der Waals surface area contributed by atoms with Crippen LogP contribution >= 0.6 is 0 Å². The second-order valence-electron chi connectivity index (χ2n) is 10.4. The molecular formula is C32H33F3N2O3. The summed E-state index contributed by atoms with van der Waals surface area (Å²) in [6.07, 6.45) is 4.44. The van der Waals surface area contributed by atoms with Gasteiger partial charge in [0, 0.05) is 25.7 Å². The van der Waals surface area contributed by atoms with Crippen LogP contribution in [0.15, 0.2) is 66.7 Å². The number of hydrogen-bond acceptors (Lipinski definition) is 4. The maximum absolute atomic E-state index is 13.8. The lowest BCUT2D eigenvalue weighted by molar-refractivity contribution is 0.0773. The zero-order valence-electron chi connectivity index (χ0n) is 22.5. The Morgan fingerprint density at radius 3 is 2.52 bits per heavy atom. The molecule has 1 N–H and O–H groups in total. The van der Waals surface area contributed by atoms with Gasteiger partial charge in [0.05, 0.1) is 6.61 Å². The average molecular weight is 551 g/mol. The molecule has 1 aliphatic heterocycles. The molecule has 8 heteroatoms. The van der Waals surface area contributed by atoms with Crippen LogP contribution in [0.1, 0.15) is 41.5 Å². The zero-order valence-corrected chi connectivity index (χ0v) is 22.5. The van der Waals surface area contributed by atoms with Gasteiger partial charge in [-0.25, -0.2) is 13.6 Å². The van der Waals surface area contributed by atoms with E-state index in [2.05, 4.69) is 11.4 Å². The highest BCUT2D eigenvalue weighted by atomic mass is 19.2. The largest absolute Gasteiger partial charge is 0.488 e. The molecule has 0 saturated heterocycles. The summed E-state index contributed by atoms with van der Waals surface area (Å²) in [5.74, 6) is -4.07. The van der Waals surface area contributed by atoms with Crippen LogP contribution in [0.3, 0.4) is 0 Å². The number of benzene rings is 3. The number of amides is 1. The van der Waals surface area contributed by atoms with Crippen LogP contribution in [-0.4, -0.2) is 42.8 Å². The average Bonchev–Trinajstić information content (AvgIpc) is 3.80. The number of ether oxygens (including phenoxy) is 2. The Bertz CT molecular complexity index is 1370. The topological polar surface area (TPSA) is 50.8 Å². The molecular weight excluding hydrogens is 517 g/mol. The van der Waals surface area contributed by atoms with Crippen molar-refractivity contribution < 1.29 is 27.4 Å². The van der Waals surface area contributed by atoms with Gasteiger partial charge in [0.25, 0.3) is 0 Å². The molecule has 1 heterocycles. The van der Waals surface area contributed by atoms with Gasteiger partial charge in [0.15, 0.2) is 17.4 Å². The molecule has 1 atom stereocenters. The van der Waals surface area contributed by atoms with Crippen LogP contribution in [0, 0.1) is 24.4 Å². The number of rotatable bonds is 10. The van der Waals surface area contributed by atoms with Crippen LogP contribution in [0.4, 0.5) is 18.0 Å². The van der Waals surface area contributed by atoms with Gasteiger partial charge in [-0.15, -0.1) is 0 Å². The van der Waals surface area contributed by atoms with E-state index in [0.717, 1.165) is 52.8 Å². The van der Waals surface area contributed by atoms with E-state index in [-0.39, 0.29) is 18.7 Å². The molecule has 2 aliphatic rings. The summed E-state index contributed by atoms with van der Waals surface area (Å²) < 4.78 is 52.1. The maximum Gasteiger partial charge on any atom is 0.410 e. The minimum atomic E-state index is -1.31. The van der Waals surface area contributed by atoms with Crippen LogP contribution < -0.4 is 10.1 Å². The van der Waals surface area contributed by atoms with E-state index in [1.54, 1.807) is 0 Å². The van der Waals surface area contributed by atoms with Gasteiger partial charge in [0.2, 0.25) is 5.82 Å². The lowest BCUT2D eigenvalue weighted by atomic mass is 9.96. The lowest BCUT2D eigenvalue weighted by Gasteiger charge is -2.29. The number of halogens is 3. The first-order valence-corrected chi connectivity index (χ1v) is 13.7. The van der Waals surface area contributed by atoms with E-state index in [1.165, 1.54) is 0 Å². The smallest absolute Gasteiger partial charge is 0.410 e. The Kier molecular flexibility index (Phi) is 8.75. The van der Waals surface area contributed by atoms with E-state index in [1.807, 2.05) is 60.4 Å². The number of carbonyl (C=O) groups excluding carboxylic acids is 1. The van der Waals surface area contributed by atoms with Crippen molar-refractivity contribution in [3.05, 3.63) is 106 Å². The first kappa shape index (κ1) is 27.8. The summed E-state index contributed by atoms with van der Waals surface area (Å²) in [5.41, 5.74) is 5.21. The van der Waals surface area contributed by atoms with E-state index in [4.69, 9.17) is 9.47 Å². The van der Waals surface area contributed by atoms with Gasteiger partial charge >= 0.3 is 6.09 Å². The van der Waals surface area contributed by atoms with Crippen LogP contribution in [0.5, 0.6) is 5.75 Å². The summed E-state index contributed by atoms with van der Waals surface area (Å²) in [7, 11) is 0. The van der Waals surface area contributed by atoms with Crippen molar-refractivity contribution in [1.82, 2.24) is 10.2 Å². The zero-order chi connectivity index (χ0) is 28.1. The molecule has 40 heavy (non-hydrogen) atoms. The molecule has 0 spiro atoms. The van der Waals surface area contributed by atoms with E-state index in [9.17, 15) is 18.0 Å². The van der Waals surface area contributed by atoms with Crippen LogP contribution in [-0.2, 0) is 17.7 Å². The molecule has 1 saturated carbocycles. The van der Waals surface area contributed by atoms with Crippen molar-refractivity contribution in [2.45, 2.75) is 51.3 Å². The normalized spacial score (nSPS) is 16.8. The number of carbonyl (C=O) groups is 1. The van der Waals surface area contributed by atoms with Gasteiger partial charge in [-0.1, -0.05) is 60.2 Å². The van der Waals surface area contributed by atoms with Gasteiger partial charge in [-0.3, -0.25) is 0 Å². The van der Waals surface area contributed by atoms with Gasteiger partial charge in [-0.2, -0.15) is 4.39 Å². The maximum atomic E-state index is 13.8. The van der Waals surface area contributed by atoms with Gasteiger partial charge in [-0.05, 0) is 67.0 Å². The van der Waals surface area contributed by atoms with Crippen LogP contribution in [0.2, 0.25) is 0 Å². The third-order valence-corrected chi connectivity index (χ3v) is 7.19. The van der Waals surface area contributed by atoms with Crippen LogP contribution in [0.25, 0.3) is 5.57 Å². The molecule has 5 rings (SSSR count). The van der Waals surface area contributed by atoms with Crippen molar-refractivity contribution in [3.63, 3.8) is 0 Å². The van der Waals surface area contributed by atoms with Gasteiger partial charge < -0.3 is 19.7 Å².